The predicted molar refractivity (Wildman–Crippen MR) is 81.1 cm³/mol. The van der Waals surface area contributed by atoms with Crippen molar-refractivity contribution < 1.29 is 10.2 Å². The summed E-state index contributed by atoms with van der Waals surface area (Å²) in [5, 5.41) is 22.4. The lowest BCUT2D eigenvalue weighted by molar-refractivity contribution is 0.446. The second-order valence-corrected chi connectivity index (χ2v) is 5.20. The summed E-state index contributed by atoms with van der Waals surface area (Å²) in [5.74, 6) is 0.180. The summed E-state index contributed by atoms with van der Waals surface area (Å²) >= 11 is 0. The molecule has 3 nitrogen and oxygen atoms in total. The lowest BCUT2D eigenvalue weighted by atomic mass is 10.1. The molecule has 3 heteroatoms. The number of aryl methyl sites for hydroxylation is 1. The van der Waals surface area contributed by atoms with Gasteiger partial charge in [0.2, 0.25) is 0 Å². The number of hydrogen-bond donors (Lipinski definition) is 3. The van der Waals surface area contributed by atoms with Crippen molar-refractivity contribution in [3.8, 4) is 11.5 Å². The Balaban J connectivity index is 1.90. The molecule has 0 heterocycles. The number of hydrogen-bond acceptors (Lipinski definition) is 3. The van der Waals surface area contributed by atoms with Gasteiger partial charge in [0.1, 0.15) is 11.5 Å². The van der Waals surface area contributed by atoms with Gasteiger partial charge in [0.05, 0.1) is 0 Å². The minimum atomic E-state index is 0.0813. The average molecular weight is 271 g/mol. The number of rotatable bonds is 5. The smallest absolute Gasteiger partial charge is 0.119 e. The lowest BCUT2D eigenvalue weighted by Gasteiger charge is -2.15. The molecule has 0 amide bonds. The van der Waals surface area contributed by atoms with Crippen LogP contribution in [0.1, 0.15) is 29.7 Å². The van der Waals surface area contributed by atoms with Gasteiger partial charge in [0.25, 0.3) is 0 Å². The molecule has 0 fully saturated rings. The van der Waals surface area contributed by atoms with Crippen LogP contribution >= 0.6 is 0 Å². The molecule has 0 aliphatic heterocycles. The van der Waals surface area contributed by atoms with E-state index in [2.05, 4.69) is 36.5 Å². The molecule has 0 aliphatic rings. The highest BCUT2D eigenvalue weighted by Crippen LogP contribution is 2.24. The van der Waals surface area contributed by atoms with Gasteiger partial charge in [-0.1, -0.05) is 29.8 Å². The molecule has 0 saturated carbocycles. The lowest BCUT2D eigenvalue weighted by Crippen LogP contribution is -2.21. The van der Waals surface area contributed by atoms with Crippen molar-refractivity contribution in [3.63, 3.8) is 0 Å². The molecular weight excluding hydrogens is 250 g/mol. The van der Waals surface area contributed by atoms with Crippen molar-refractivity contribution in [1.29, 1.82) is 0 Å². The van der Waals surface area contributed by atoms with Gasteiger partial charge >= 0.3 is 0 Å². The number of benzene rings is 2. The van der Waals surface area contributed by atoms with Crippen LogP contribution in [-0.2, 0) is 6.42 Å². The Morgan fingerprint density at radius 1 is 1.05 bits per heavy atom. The van der Waals surface area contributed by atoms with Crippen molar-refractivity contribution >= 4 is 0 Å². The van der Waals surface area contributed by atoms with Crippen LogP contribution < -0.4 is 5.32 Å². The Labute approximate surface area is 119 Å². The van der Waals surface area contributed by atoms with Crippen LogP contribution in [0.15, 0.2) is 42.5 Å². The second kappa shape index (κ2) is 6.44. The molecule has 0 aromatic heterocycles. The van der Waals surface area contributed by atoms with E-state index < -0.39 is 0 Å². The van der Waals surface area contributed by atoms with E-state index in [-0.39, 0.29) is 17.5 Å². The van der Waals surface area contributed by atoms with Gasteiger partial charge in [-0.25, -0.2) is 0 Å². The molecule has 106 valence electrons. The number of aromatic hydroxyl groups is 2. The topological polar surface area (TPSA) is 52.5 Å². The van der Waals surface area contributed by atoms with Crippen LogP contribution in [-0.4, -0.2) is 16.8 Å². The highest BCUT2D eigenvalue weighted by molar-refractivity contribution is 5.37. The maximum absolute atomic E-state index is 9.49. The minimum Gasteiger partial charge on any atom is -0.508 e. The Hall–Kier alpha value is -2.00. The minimum absolute atomic E-state index is 0.0813. The molecule has 0 radical (unpaired) electrons. The van der Waals surface area contributed by atoms with Gasteiger partial charge in [-0.15, -0.1) is 0 Å². The zero-order valence-corrected chi connectivity index (χ0v) is 11.9. The highest BCUT2D eigenvalue weighted by atomic mass is 16.3. The third-order valence-electron chi connectivity index (χ3n) is 3.37. The quantitative estimate of drug-likeness (QED) is 0.782. The van der Waals surface area contributed by atoms with Crippen molar-refractivity contribution in [3.05, 3.63) is 59.2 Å². The first-order valence-corrected chi connectivity index (χ1v) is 6.86. The van der Waals surface area contributed by atoms with Gasteiger partial charge in [-0.05, 0) is 50.1 Å². The van der Waals surface area contributed by atoms with Crippen LogP contribution in [0, 0.1) is 6.92 Å². The van der Waals surface area contributed by atoms with Gasteiger partial charge < -0.3 is 15.5 Å². The highest BCUT2D eigenvalue weighted by Gasteiger charge is 2.07. The van der Waals surface area contributed by atoms with Crippen LogP contribution in [0.2, 0.25) is 0 Å². The van der Waals surface area contributed by atoms with Crippen LogP contribution in [0.5, 0.6) is 11.5 Å². The van der Waals surface area contributed by atoms with Crippen molar-refractivity contribution in [2.24, 2.45) is 0 Å². The summed E-state index contributed by atoms with van der Waals surface area (Å²) in [4.78, 5) is 0. The maximum atomic E-state index is 9.49. The third-order valence-corrected chi connectivity index (χ3v) is 3.37. The largest absolute Gasteiger partial charge is 0.508 e. The van der Waals surface area contributed by atoms with E-state index in [1.807, 2.05) is 6.92 Å². The molecule has 0 bridgehead atoms. The predicted octanol–water partition coefficient (Wildman–Crippen LogP) is 3.30. The Morgan fingerprint density at radius 3 is 2.40 bits per heavy atom. The van der Waals surface area contributed by atoms with E-state index in [9.17, 15) is 10.2 Å². The summed E-state index contributed by atoms with van der Waals surface area (Å²) < 4.78 is 0. The Kier molecular flexibility index (Phi) is 4.64. The zero-order chi connectivity index (χ0) is 14.5. The maximum Gasteiger partial charge on any atom is 0.119 e. The molecule has 2 rings (SSSR count). The summed E-state index contributed by atoms with van der Waals surface area (Å²) in [7, 11) is 0. The molecule has 20 heavy (non-hydrogen) atoms. The first kappa shape index (κ1) is 14.4. The van der Waals surface area contributed by atoms with Gasteiger partial charge in [0, 0.05) is 12.1 Å². The van der Waals surface area contributed by atoms with Gasteiger partial charge in [-0.2, -0.15) is 0 Å². The SMILES string of the molecule is Cc1cccc(CCNC(C)c2cc(O)cc(O)c2)c1. The van der Waals surface area contributed by atoms with Crippen molar-refractivity contribution in [2.75, 3.05) is 6.54 Å². The van der Waals surface area contributed by atoms with Crippen molar-refractivity contribution in [1.82, 2.24) is 5.32 Å². The first-order chi connectivity index (χ1) is 9.54. The number of phenolic OH excluding ortho intramolecular Hbond substituents is 2. The fraction of sp³-hybridized carbons (Fsp3) is 0.294. The summed E-state index contributed by atoms with van der Waals surface area (Å²) in [6, 6.07) is 13.2. The Bertz CT molecular complexity index is 561. The van der Waals surface area contributed by atoms with Crippen molar-refractivity contribution in [2.45, 2.75) is 26.3 Å². The second-order valence-electron chi connectivity index (χ2n) is 5.20. The van der Waals surface area contributed by atoms with E-state index in [0.717, 1.165) is 18.5 Å². The van der Waals surface area contributed by atoms with E-state index in [1.54, 1.807) is 12.1 Å². The van der Waals surface area contributed by atoms with Crippen LogP contribution in [0.25, 0.3) is 0 Å². The molecule has 2 aromatic carbocycles. The summed E-state index contributed by atoms with van der Waals surface area (Å²) in [5.41, 5.74) is 3.46. The van der Waals surface area contributed by atoms with E-state index in [4.69, 9.17) is 0 Å². The number of phenols is 2. The Morgan fingerprint density at radius 2 is 1.75 bits per heavy atom. The molecule has 0 spiro atoms. The number of nitrogens with one attached hydrogen (secondary N) is 1. The summed E-state index contributed by atoms with van der Waals surface area (Å²) in [6.45, 7) is 4.96. The van der Waals surface area contributed by atoms with Gasteiger partial charge in [-0.3, -0.25) is 0 Å². The molecule has 3 N–H and O–H groups in total. The average Bonchev–Trinajstić information content (AvgIpc) is 2.37. The standard InChI is InChI=1S/C17H21NO2/c1-12-4-3-5-14(8-12)6-7-18-13(2)15-9-16(19)11-17(20)10-15/h3-5,8-11,13,18-20H,6-7H2,1-2H3. The zero-order valence-electron chi connectivity index (χ0n) is 11.9. The molecule has 2 aromatic rings. The van der Waals surface area contributed by atoms with E-state index in [0.29, 0.717) is 0 Å². The fourth-order valence-corrected chi connectivity index (χ4v) is 2.29. The van der Waals surface area contributed by atoms with Crippen LogP contribution in [0.4, 0.5) is 0 Å². The fourth-order valence-electron chi connectivity index (χ4n) is 2.29. The molecule has 0 saturated heterocycles. The van der Waals surface area contributed by atoms with Gasteiger partial charge in [0.15, 0.2) is 0 Å². The molecular formula is C17H21NO2. The first-order valence-electron chi connectivity index (χ1n) is 6.86. The third kappa shape index (κ3) is 4.00. The van der Waals surface area contributed by atoms with Crippen LogP contribution in [0.3, 0.4) is 0 Å². The molecule has 0 aliphatic carbocycles. The molecule has 1 atom stereocenters. The monoisotopic (exact) mass is 271 g/mol. The normalized spacial score (nSPS) is 12.3. The van der Waals surface area contributed by atoms with E-state index >= 15 is 0 Å². The molecule has 1 unspecified atom stereocenters. The van der Waals surface area contributed by atoms with E-state index in [1.165, 1.54) is 17.2 Å². The summed E-state index contributed by atoms with van der Waals surface area (Å²) in [6.07, 6.45) is 0.955.